The maximum atomic E-state index is 4.48. The summed E-state index contributed by atoms with van der Waals surface area (Å²) in [6.45, 7) is 0. The first-order chi connectivity index (χ1) is 10.3. The number of benzene rings is 1. The Labute approximate surface area is 121 Å². The van der Waals surface area contributed by atoms with Crippen molar-refractivity contribution in [2.45, 2.75) is 0 Å². The molecule has 0 fully saturated rings. The number of imidazole rings is 1. The van der Waals surface area contributed by atoms with E-state index in [4.69, 9.17) is 0 Å². The van der Waals surface area contributed by atoms with Gasteiger partial charge in [-0.25, -0.2) is 4.98 Å². The number of nitrogens with zero attached hydrogens (tertiary/aromatic N) is 5. The highest BCUT2D eigenvalue weighted by Gasteiger charge is 2.08. The van der Waals surface area contributed by atoms with Gasteiger partial charge in [0.2, 0.25) is 0 Å². The van der Waals surface area contributed by atoms with Gasteiger partial charge in [-0.1, -0.05) is 18.2 Å². The lowest BCUT2D eigenvalue weighted by atomic mass is 10.2. The molecular formula is C16H13N5. The first kappa shape index (κ1) is 11.8. The van der Waals surface area contributed by atoms with Crippen molar-refractivity contribution in [3.05, 3.63) is 61.4 Å². The molecule has 1 aromatic carbocycles. The van der Waals surface area contributed by atoms with Crippen LogP contribution in [0.25, 0.3) is 27.8 Å². The molecule has 102 valence electrons. The van der Waals surface area contributed by atoms with Gasteiger partial charge in [0.05, 0.1) is 29.4 Å². The predicted octanol–water partition coefficient (Wildman–Crippen LogP) is 2.82. The molecule has 21 heavy (non-hydrogen) atoms. The number of aryl methyl sites for hydroxylation is 1. The highest BCUT2D eigenvalue weighted by Crippen LogP contribution is 2.22. The van der Waals surface area contributed by atoms with Gasteiger partial charge < -0.3 is 4.57 Å². The molecule has 0 aliphatic rings. The average molecular weight is 275 g/mol. The fourth-order valence-corrected chi connectivity index (χ4v) is 2.45. The molecule has 0 N–H and O–H groups in total. The highest BCUT2D eigenvalue weighted by atomic mass is 15.2. The Morgan fingerprint density at radius 1 is 1.00 bits per heavy atom. The molecule has 5 nitrogen and oxygen atoms in total. The lowest BCUT2D eigenvalue weighted by Crippen LogP contribution is -1.92. The zero-order valence-corrected chi connectivity index (χ0v) is 11.5. The van der Waals surface area contributed by atoms with Crippen molar-refractivity contribution in [1.82, 2.24) is 24.3 Å². The van der Waals surface area contributed by atoms with Gasteiger partial charge in [-0.05, 0) is 12.1 Å². The number of para-hydroxylation sites is 1. The molecule has 0 atom stereocenters. The summed E-state index contributed by atoms with van der Waals surface area (Å²) in [6, 6.07) is 10.1. The summed E-state index contributed by atoms with van der Waals surface area (Å²) in [5.41, 5.74) is 3.89. The van der Waals surface area contributed by atoms with E-state index in [1.54, 1.807) is 4.68 Å². The molecule has 0 spiro atoms. The Morgan fingerprint density at radius 3 is 2.76 bits per heavy atom. The maximum absolute atomic E-state index is 4.48. The number of hydrogen-bond donors (Lipinski definition) is 0. The van der Waals surface area contributed by atoms with E-state index in [0.29, 0.717) is 0 Å². The molecule has 0 aliphatic heterocycles. The van der Waals surface area contributed by atoms with Crippen LogP contribution >= 0.6 is 0 Å². The average Bonchev–Trinajstić information content (AvgIpc) is 3.15. The molecule has 0 radical (unpaired) electrons. The predicted molar refractivity (Wildman–Crippen MR) is 81.1 cm³/mol. The first-order valence-corrected chi connectivity index (χ1v) is 6.68. The monoisotopic (exact) mass is 275 g/mol. The molecular weight excluding hydrogens is 262 g/mol. The highest BCUT2D eigenvalue weighted by molar-refractivity contribution is 5.86. The number of rotatable bonds is 2. The van der Waals surface area contributed by atoms with Crippen molar-refractivity contribution in [3.8, 4) is 16.9 Å². The normalized spacial score (nSPS) is 11.1. The van der Waals surface area contributed by atoms with Crippen molar-refractivity contribution in [2.24, 2.45) is 7.05 Å². The van der Waals surface area contributed by atoms with E-state index >= 15 is 0 Å². The number of hydrogen-bond acceptors (Lipinski definition) is 3. The first-order valence-electron chi connectivity index (χ1n) is 6.68. The standard InChI is InChI=1S/C16H13N5/c1-20-9-13(8-19-20)14-10-21(11-18-14)15-6-2-4-12-5-3-7-17-16(12)15/h2-11H,1H3. The van der Waals surface area contributed by atoms with Crippen molar-refractivity contribution in [1.29, 1.82) is 0 Å². The van der Waals surface area contributed by atoms with Crippen LogP contribution in [0.3, 0.4) is 0 Å². The Balaban J connectivity index is 1.85. The summed E-state index contributed by atoms with van der Waals surface area (Å²) in [5.74, 6) is 0. The van der Waals surface area contributed by atoms with Gasteiger partial charge in [0, 0.05) is 36.6 Å². The largest absolute Gasteiger partial charge is 0.303 e. The van der Waals surface area contributed by atoms with E-state index in [1.807, 2.05) is 60.9 Å². The van der Waals surface area contributed by atoms with Crippen molar-refractivity contribution >= 4 is 10.9 Å². The molecule has 0 unspecified atom stereocenters. The van der Waals surface area contributed by atoms with Crippen LogP contribution in [0.2, 0.25) is 0 Å². The minimum atomic E-state index is 0.899. The second kappa shape index (κ2) is 4.56. The lowest BCUT2D eigenvalue weighted by Gasteiger charge is -2.05. The number of fused-ring (bicyclic) bond motifs is 1. The van der Waals surface area contributed by atoms with E-state index in [2.05, 4.69) is 27.2 Å². The summed E-state index contributed by atoms with van der Waals surface area (Å²) < 4.78 is 3.77. The van der Waals surface area contributed by atoms with Crippen LogP contribution in [0.15, 0.2) is 61.4 Å². The molecule has 0 bridgehead atoms. The minimum absolute atomic E-state index is 0.899. The third-order valence-corrected chi connectivity index (χ3v) is 3.47. The molecule has 0 saturated carbocycles. The molecule has 0 aliphatic carbocycles. The van der Waals surface area contributed by atoms with Crippen molar-refractivity contribution in [2.75, 3.05) is 0 Å². The molecule has 0 saturated heterocycles. The van der Waals surface area contributed by atoms with Crippen molar-refractivity contribution in [3.63, 3.8) is 0 Å². The summed E-state index contributed by atoms with van der Waals surface area (Å²) in [7, 11) is 1.90. The van der Waals surface area contributed by atoms with Gasteiger partial charge in [-0.2, -0.15) is 5.10 Å². The van der Waals surface area contributed by atoms with Crippen LogP contribution in [-0.2, 0) is 7.05 Å². The second-order valence-corrected chi connectivity index (χ2v) is 4.92. The Hall–Kier alpha value is -2.95. The van der Waals surface area contributed by atoms with Gasteiger partial charge >= 0.3 is 0 Å². The Kier molecular flexibility index (Phi) is 2.57. The van der Waals surface area contributed by atoms with E-state index < -0.39 is 0 Å². The summed E-state index contributed by atoms with van der Waals surface area (Å²) >= 11 is 0. The third-order valence-electron chi connectivity index (χ3n) is 3.47. The van der Waals surface area contributed by atoms with E-state index in [1.165, 1.54) is 0 Å². The van der Waals surface area contributed by atoms with Gasteiger partial charge in [-0.3, -0.25) is 9.67 Å². The maximum Gasteiger partial charge on any atom is 0.1000 e. The molecule has 5 heteroatoms. The fourth-order valence-electron chi connectivity index (χ4n) is 2.45. The van der Waals surface area contributed by atoms with Crippen LogP contribution in [-0.4, -0.2) is 24.3 Å². The van der Waals surface area contributed by atoms with Gasteiger partial charge in [0.1, 0.15) is 0 Å². The smallest absolute Gasteiger partial charge is 0.1000 e. The Bertz CT molecular complexity index is 914. The summed E-state index contributed by atoms with van der Waals surface area (Å²) in [6.07, 6.45) is 9.39. The minimum Gasteiger partial charge on any atom is -0.303 e. The third kappa shape index (κ3) is 1.99. The van der Waals surface area contributed by atoms with Crippen LogP contribution in [0.5, 0.6) is 0 Å². The lowest BCUT2D eigenvalue weighted by molar-refractivity contribution is 0.768. The molecule has 4 rings (SSSR count). The van der Waals surface area contributed by atoms with Gasteiger partial charge in [0.15, 0.2) is 0 Å². The summed E-state index contributed by atoms with van der Waals surface area (Å²) in [4.78, 5) is 8.94. The van der Waals surface area contributed by atoms with Crippen LogP contribution in [0.1, 0.15) is 0 Å². The van der Waals surface area contributed by atoms with Crippen LogP contribution in [0.4, 0.5) is 0 Å². The van der Waals surface area contributed by atoms with E-state index in [-0.39, 0.29) is 0 Å². The molecule has 4 aromatic rings. The number of aromatic nitrogens is 5. The van der Waals surface area contributed by atoms with Gasteiger partial charge in [0.25, 0.3) is 0 Å². The fraction of sp³-hybridized carbons (Fsp3) is 0.0625. The van der Waals surface area contributed by atoms with E-state index in [9.17, 15) is 0 Å². The van der Waals surface area contributed by atoms with E-state index in [0.717, 1.165) is 27.8 Å². The van der Waals surface area contributed by atoms with Crippen LogP contribution < -0.4 is 0 Å². The van der Waals surface area contributed by atoms with Crippen molar-refractivity contribution < 1.29 is 0 Å². The zero-order valence-electron chi connectivity index (χ0n) is 11.5. The second-order valence-electron chi connectivity index (χ2n) is 4.92. The molecule has 0 amide bonds. The van der Waals surface area contributed by atoms with Crippen LogP contribution in [0, 0.1) is 0 Å². The molecule has 3 aromatic heterocycles. The zero-order chi connectivity index (χ0) is 14.2. The quantitative estimate of drug-likeness (QED) is 0.565. The Morgan fingerprint density at radius 2 is 1.90 bits per heavy atom. The topological polar surface area (TPSA) is 48.5 Å². The summed E-state index contributed by atoms with van der Waals surface area (Å²) in [5, 5.41) is 5.30. The number of pyridine rings is 1. The van der Waals surface area contributed by atoms with Gasteiger partial charge in [-0.15, -0.1) is 0 Å². The molecule has 3 heterocycles. The SMILES string of the molecule is Cn1cc(-c2cn(-c3cccc4cccnc34)cn2)cn1.